The van der Waals surface area contributed by atoms with Crippen LogP contribution in [0.15, 0.2) is 48.0 Å². The summed E-state index contributed by atoms with van der Waals surface area (Å²) in [6.07, 6.45) is 3.06. The van der Waals surface area contributed by atoms with Crippen molar-refractivity contribution in [2.24, 2.45) is 0 Å². The molecular weight excluding hydrogens is 276 g/mol. The third-order valence-electron chi connectivity index (χ3n) is 3.92. The molecule has 0 saturated heterocycles. The number of aromatic nitrogens is 1. The van der Waals surface area contributed by atoms with Crippen LogP contribution >= 0.6 is 11.3 Å². The standard InChI is InChI=1S/C18H20N2S/c1-3-14-6-4-5-7-15(14)11-19-13(2)16-10-18-17(20-12-16)8-9-21-18/h4-10,12-13,19H,3,11H2,1-2H3. The molecule has 1 N–H and O–H groups in total. The Bertz CT molecular complexity index is 733. The number of rotatable bonds is 5. The molecule has 0 aliphatic heterocycles. The van der Waals surface area contributed by atoms with Crippen LogP contribution in [0.25, 0.3) is 10.2 Å². The molecule has 0 saturated carbocycles. The maximum Gasteiger partial charge on any atom is 0.0809 e. The third-order valence-corrected chi connectivity index (χ3v) is 4.77. The van der Waals surface area contributed by atoms with Gasteiger partial charge in [-0.3, -0.25) is 4.98 Å². The maximum atomic E-state index is 4.52. The van der Waals surface area contributed by atoms with Gasteiger partial charge in [0.05, 0.1) is 10.2 Å². The summed E-state index contributed by atoms with van der Waals surface area (Å²) in [5.74, 6) is 0. The molecule has 108 valence electrons. The number of hydrogen-bond acceptors (Lipinski definition) is 3. The second-order valence-electron chi connectivity index (χ2n) is 5.30. The van der Waals surface area contributed by atoms with Crippen molar-refractivity contribution in [1.29, 1.82) is 0 Å². The topological polar surface area (TPSA) is 24.9 Å². The number of aryl methyl sites for hydroxylation is 1. The Labute approximate surface area is 129 Å². The van der Waals surface area contributed by atoms with Crippen molar-refractivity contribution in [2.45, 2.75) is 32.9 Å². The zero-order chi connectivity index (χ0) is 14.7. The van der Waals surface area contributed by atoms with Crippen LogP contribution in [-0.4, -0.2) is 4.98 Å². The SMILES string of the molecule is CCc1ccccc1CNC(C)c1cnc2ccsc2c1. The molecule has 3 aromatic rings. The highest BCUT2D eigenvalue weighted by atomic mass is 32.1. The quantitative estimate of drug-likeness (QED) is 0.737. The molecule has 1 atom stereocenters. The molecule has 21 heavy (non-hydrogen) atoms. The van der Waals surface area contributed by atoms with E-state index in [0.717, 1.165) is 18.5 Å². The van der Waals surface area contributed by atoms with E-state index in [2.05, 4.69) is 65.9 Å². The van der Waals surface area contributed by atoms with E-state index in [-0.39, 0.29) is 0 Å². The fourth-order valence-electron chi connectivity index (χ4n) is 2.55. The van der Waals surface area contributed by atoms with Crippen LogP contribution in [0, 0.1) is 0 Å². The van der Waals surface area contributed by atoms with E-state index in [1.165, 1.54) is 21.4 Å². The number of nitrogens with zero attached hydrogens (tertiary/aromatic N) is 1. The molecule has 1 aromatic carbocycles. The van der Waals surface area contributed by atoms with Crippen molar-refractivity contribution >= 4 is 21.6 Å². The van der Waals surface area contributed by atoms with Gasteiger partial charge >= 0.3 is 0 Å². The fourth-order valence-corrected chi connectivity index (χ4v) is 3.34. The smallest absolute Gasteiger partial charge is 0.0809 e. The molecule has 2 aromatic heterocycles. The fraction of sp³-hybridized carbons (Fsp3) is 0.278. The van der Waals surface area contributed by atoms with Gasteiger partial charge in [-0.1, -0.05) is 31.2 Å². The Morgan fingerprint density at radius 3 is 2.81 bits per heavy atom. The van der Waals surface area contributed by atoms with Gasteiger partial charge in [-0.2, -0.15) is 0 Å². The van der Waals surface area contributed by atoms with Crippen LogP contribution in [0.4, 0.5) is 0 Å². The lowest BCUT2D eigenvalue weighted by Crippen LogP contribution is -2.19. The summed E-state index contributed by atoms with van der Waals surface area (Å²) in [5.41, 5.74) is 5.15. The van der Waals surface area contributed by atoms with Gasteiger partial charge in [0.15, 0.2) is 0 Å². The van der Waals surface area contributed by atoms with Crippen molar-refractivity contribution < 1.29 is 0 Å². The van der Waals surface area contributed by atoms with Gasteiger partial charge in [0.2, 0.25) is 0 Å². The molecule has 0 spiro atoms. The molecular formula is C18H20N2S. The van der Waals surface area contributed by atoms with Crippen molar-refractivity contribution in [1.82, 2.24) is 10.3 Å². The lowest BCUT2D eigenvalue weighted by molar-refractivity contribution is 0.572. The summed E-state index contributed by atoms with van der Waals surface area (Å²) < 4.78 is 1.26. The summed E-state index contributed by atoms with van der Waals surface area (Å²) in [6, 6.07) is 13.3. The highest BCUT2D eigenvalue weighted by Crippen LogP contribution is 2.23. The number of pyridine rings is 1. The van der Waals surface area contributed by atoms with E-state index in [9.17, 15) is 0 Å². The van der Waals surface area contributed by atoms with Crippen LogP contribution in [0.2, 0.25) is 0 Å². The summed E-state index contributed by atoms with van der Waals surface area (Å²) in [4.78, 5) is 4.52. The molecule has 3 rings (SSSR count). The molecule has 0 aliphatic rings. The second-order valence-corrected chi connectivity index (χ2v) is 6.25. The summed E-state index contributed by atoms with van der Waals surface area (Å²) >= 11 is 1.75. The average molecular weight is 296 g/mol. The molecule has 0 aliphatic carbocycles. The number of hydrogen-bond donors (Lipinski definition) is 1. The van der Waals surface area contributed by atoms with E-state index in [1.807, 2.05) is 6.20 Å². The highest BCUT2D eigenvalue weighted by Gasteiger charge is 2.08. The van der Waals surface area contributed by atoms with E-state index >= 15 is 0 Å². The Hall–Kier alpha value is -1.71. The molecule has 3 heteroatoms. The largest absolute Gasteiger partial charge is 0.306 e. The second kappa shape index (κ2) is 6.37. The lowest BCUT2D eigenvalue weighted by Gasteiger charge is -2.15. The highest BCUT2D eigenvalue weighted by molar-refractivity contribution is 7.17. The first-order valence-electron chi connectivity index (χ1n) is 7.41. The Morgan fingerprint density at radius 1 is 1.19 bits per heavy atom. The van der Waals surface area contributed by atoms with Crippen molar-refractivity contribution in [3.63, 3.8) is 0 Å². The van der Waals surface area contributed by atoms with E-state index in [0.29, 0.717) is 6.04 Å². The predicted molar refractivity (Wildman–Crippen MR) is 90.7 cm³/mol. The minimum Gasteiger partial charge on any atom is -0.306 e. The van der Waals surface area contributed by atoms with Gasteiger partial charge in [-0.05, 0) is 47.5 Å². The lowest BCUT2D eigenvalue weighted by atomic mass is 10.0. The maximum absolute atomic E-state index is 4.52. The molecule has 0 bridgehead atoms. The van der Waals surface area contributed by atoms with Gasteiger partial charge in [-0.15, -0.1) is 11.3 Å². The molecule has 0 fully saturated rings. The Morgan fingerprint density at radius 2 is 2.00 bits per heavy atom. The van der Waals surface area contributed by atoms with Gasteiger partial charge < -0.3 is 5.32 Å². The molecule has 0 amide bonds. The first kappa shape index (κ1) is 14.2. The summed E-state index contributed by atoms with van der Waals surface area (Å²) in [6.45, 7) is 5.30. The first-order valence-corrected chi connectivity index (χ1v) is 8.29. The molecule has 0 radical (unpaired) electrons. The Balaban J connectivity index is 1.72. The number of thiophene rings is 1. The van der Waals surface area contributed by atoms with E-state index in [1.54, 1.807) is 11.3 Å². The van der Waals surface area contributed by atoms with Crippen LogP contribution in [0.1, 0.15) is 36.6 Å². The van der Waals surface area contributed by atoms with Crippen LogP contribution < -0.4 is 5.32 Å². The molecule has 2 nitrogen and oxygen atoms in total. The summed E-state index contributed by atoms with van der Waals surface area (Å²) in [5, 5.41) is 5.71. The zero-order valence-electron chi connectivity index (χ0n) is 12.5. The minimum atomic E-state index is 0.300. The van der Waals surface area contributed by atoms with Gasteiger partial charge in [0.25, 0.3) is 0 Å². The van der Waals surface area contributed by atoms with E-state index in [4.69, 9.17) is 0 Å². The van der Waals surface area contributed by atoms with Gasteiger partial charge in [0, 0.05) is 18.8 Å². The zero-order valence-corrected chi connectivity index (χ0v) is 13.3. The van der Waals surface area contributed by atoms with Crippen molar-refractivity contribution in [2.75, 3.05) is 0 Å². The normalized spacial score (nSPS) is 12.7. The van der Waals surface area contributed by atoms with Crippen molar-refractivity contribution in [3.05, 3.63) is 64.7 Å². The minimum absolute atomic E-state index is 0.300. The monoisotopic (exact) mass is 296 g/mol. The molecule has 1 unspecified atom stereocenters. The Kier molecular flexibility index (Phi) is 4.32. The third kappa shape index (κ3) is 3.14. The predicted octanol–water partition coefficient (Wildman–Crippen LogP) is 4.71. The number of benzene rings is 1. The molecule has 2 heterocycles. The number of fused-ring (bicyclic) bond motifs is 1. The van der Waals surface area contributed by atoms with Crippen LogP contribution in [0.3, 0.4) is 0 Å². The number of nitrogens with one attached hydrogen (secondary N) is 1. The first-order chi connectivity index (χ1) is 10.3. The van der Waals surface area contributed by atoms with Gasteiger partial charge in [0.1, 0.15) is 0 Å². The van der Waals surface area contributed by atoms with Gasteiger partial charge in [-0.25, -0.2) is 0 Å². The van der Waals surface area contributed by atoms with Crippen molar-refractivity contribution in [3.8, 4) is 0 Å². The van der Waals surface area contributed by atoms with E-state index < -0.39 is 0 Å². The van der Waals surface area contributed by atoms with Crippen LogP contribution in [-0.2, 0) is 13.0 Å². The van der Waals surface area contributed by atoms with Crippen LogP contribution in [0.5, 0.6) is 0 Å². The summed E-state index contributed by atoms with van der Waals surface area (Å²) in [7, 11) is 0. The average Bonchev–Trinajstić information content (AvgIpc) is 3.00.